The summed E-state index contributed by atoms with van der Waals surface area (Å²) >= 11 is 13.0. The molecule has 4 heterocycles. The Hall–Kier alpha value is -4.85. The predicted molar refractivity (Wildman–Crippen MR) is 198 cm³/mol. The van der Waals surface area contributed by atoms with Crippen molar-refractivity contribution < 1.29 is 51.5 Å². The molecule has 3 aromatic carbocycles. The van der Waals surface area contributed by atoms with E-state index in [9.17, 15) is 27.6 Å². The second-order valence-corrected chi connectivity index (χ2v) is 15.0. The van der Waals surface area contributed by atoms with Crippen LogP contribution in [-0.4, -0.2) is 61.7 Å². The summed E-state index contributed by atoms with van der Waals surface area (Å²) in [6, 6.07) is 13.9. The molecule has 15 heteroatoms. The zero-order valence-corrected chi connectivity index (χ0v) is 31.5. The minimum atomic E-state index is -3.10. The minimum absolute atomic E-state index is 0.00251. The number of esters is 2. The summed E-state index contributed by atoms with van der Waals surface area (Å²) < 4.78 is 63.0. The number of nitrogens with zero attached hydrogens (tertiary/aromatic N) is 1. The predicted octanol–water partition coefficient (Wildman–Crippen LogP) is 7.59. The number of nitrogens with one attached hydrogen (secondary N) is 2. The van der Waals surface area contributed by atoms with E-state index in [2.05, 4.69) is 15.2 Å². The van der Waals surface area contributed by atoms with Crippen LogP contribution < -0.4 is 19.8 Å². The molecule has 0 radical (unpaired) electrons. The lowest BCUT2D eigenvalue weighted by Crippen LogP contribution is -2.52. The monoisotopic (exact) mass is 812 g/mol. The highest BCUT2D eigenvalue weighted by atomic mass is 35.5. The van der Waals surface area contributed by atoms with Gasteiger partial charge in [-0.3, -0.25) is 9.69 Å². The third-order valence-corrected chi connectivity index (χ3v) is 11.0. The highest BCUT2D eigenvalue weighted by Crippen LogP contribution is 2.38. The van der Waals surface area contributed by atoms with E-state index in [1.807, 2.05) is 0 Å². The summed E-state index contributed by atoms with van der Waals surface area (Å²) in [6.45, 7) is -0.298. The Labute approximate surface area is 331 Å². The van der Waals surface area contributed by atoms with Gasteiger partial charge < -0.3 is 24.3 Å². The number of hydrogen-bond donors (Lipinski definition) is 1. The van der Waals surface area contributed by atoms with Crippen LogP contribution in [0.4, 0.5) is 13.2 Å². The Morgan fingerprint density at radius 3 is 2.23 bits per heavy atom. The summed E-state index contributed by atoms with van der Waals surface area (Å²) in [5.41, 5.74) is 1.18. The van der Waals surface area contributed by atoms with E-state index < -0.39 is 42.4 Å². The molecule has 1 aromatic heterocycles. The first-order valence-electron chi connectivity index (χ1n) is 18.4. The topological polar surface area (TPSA) is 118 Å². The molecule has 4 fully saturated rings. The van der Waals surface area contributed by atoms with E-state index in [1.165, 1.54) is 79.1 Å². The van der Waals surface area contributed by atoms with Crippen LogP contribution in [0, 0.1) is 17.7 Å². The van der Waals surface area contributed by atoms with Gasteiger partial charge in [0.25, 0.3) is 5.91 Å². The van der Waals surface area contributed by atoms with Gasteiger partial charge in [0.15, 0.2) is 29.9 Å². The molecule has 8 rings (SSSR count). The Balaban J connectivity index is 1.12. The van der Waals surface area contributed by atoms with Crippen LogP contribution in [0.2, 0.25) is 10.0 Å². The molecule has 3 saturated heterocycles. The largest absolute Gasteiger partial charge is 0.489 e. The van der Waals surface area contributed by atoms with Gasteiger partial charge in [0.1, 0.15) is 28.1 Å². The number of aromatic nitrogens is 1. The third kappa shape index (κ3) is 9.74. The number of benzene rings is 3. The summed E-state index contributed by atoms with van der Waals surface area (Å²) in [4.78, 5) is 46.3. The van der Waals surface area contributed by atoms with E-state index in [4.69, 9.17) is 42.1 Å². The number of amides is 1. The van der Waals surface area contributed by atoms with Crippen LogP contribution in [0.3, 0.4) is 0 Å². The molecule has 1 amide bonds. The maximum Gasteiger partial charge on any atom is 0.387 e. The number of pyridine rings is 1. The Morgan fingerprint density at radius 2 is 1.57 bits per heavy atom. The number of piperidine rings is 3. The lowest BCUT2D eigenvalue weighted by atomic mass is 9.86. The number of alkyl halides is 2. The van der Waals surface area contributed by atoms with Crippen molar-refractivity contribution in [2.45, 2.75) is 57.0 Å². The molecule has 2 bridgehead atoms. The van der Waals surface area contributed by atoms with Gasteiger partial charge >= 0.3 is 18.6 Å². The quantitative estimate of drug-likeness (QED) is 0.122. The minimum Gasteiger partial charge on any atom is -0.489 e. The fourth-order valence-corrected chi connectivity index (χ4v) is 7.53. The lowest BCUT2D eigenvalue weighted by molar-refractivity contribution is -0.377. The number of fused-ring (bicyclic) bond motifs is 3. The van der Waals surface area contributed by atoms with E-state index in [0.29, 0.717) is 35.8 Å². The first-order chi connectivity index (χ1) is 27.0. The molecule has 2 N–H and O–H groups in total. The number of aromatic amines is 1. The maximum atomic E-state index is 13.9. The second-order valence-electron chi connectivity index (χ2n) is 14.2. The zero-order valence-electron chi connectivity index (χ0n) is 30.0. The van der Waals surface area contributed by atoms with E-state index in [1.54, 1.807) is 0 Å². The number of H-pyrrole nitrogens is 1. The molecule has 3 atom stereocenters. The number of carbonyl (C=O) groups excluding carboxylic acids is 3. The molecule has 10 nitrogen and oxygen atoms in total. The van der Waals surface area contributed by atoms with Crippen molar-refractivity contribution in [3.05, 3.63) is 123 Å². The zero-order chi connectivity index (χ0) is 39.3. The van der Waals surface area contributed by atoms with Crippen molar-refractivity contribution >= 4 is 41.0 Å². The van der Waals surface area contributed by atoms with Crippen molar-refractivity contribution in [3.8, 4) is 11.5 Å². The molecular weight excluding hydrogens is 774 g/mol. The molecule has 3 aliphatic heterocycles. The van der Waals surface area contributed by atoms with Gasteiger partial charge in [-0.25, -0.2) is 19.0 Å². The Bertz CT molecular complexity index is 2040. The van der Waals surface area contributed by atoms with Crippen molar-refractivity contribution in [1.82, 2.24) is 10.2 Å². The molecule has 0 spiro atoms. The Kier molecular flexibility index (Phi) is 12.3. The fraction of sp³-hybridized carbons (Fsp3) is 0.366. The highest BCUT2D eigenvalue weighted by molar-refractivity contribution is 6.35. The number of halogens is 5. The van der Waals surface area contributed by atoms with Gasteiger partial charge in [-0.05, 0) is 104 Å². The van der Waals surface area contributed by atoms with Gasteiger partial charge in [0, 0.05) is 24.1 Å². The molecule has 1 saturated carbocycles. The van der Waals surface area contributed by atoms with Crippen LogP contribution in [-0.2, 0) is 20.7 Å². The molecule has 4 aromatic rings. The Morgan fingerprint density at radius 1 is 0.875 bits per heavy atom. The average Bonchev–Trinajstić information content (AvgIpc) is 4.03. The van der Waals surface area contributed by atoms with Crippen LogP contribution in [0.1, 0.15) is 75.2 Å². The summed E-state index contributed by atoms with van der Waals surface area (Å²) in [5, 5.41) is 3.25. The lowest BCUT2D eigenvalue weighted by Gasteiger charge is -2.44. The molecule has 56 heavy (non-hydrogen) atoms. The third-order valence-electron chi connectivity index (χ3n) is 10.3. The van der Waals surface area contributed by atoms with Gasteiger partial charge in [-0.2, -0.15) is 8.78 Å². The first-order valence-corrected chi connectivity index (χ1v) is 19.1. The molecule has 1 aliphatic carbocycles. The average molecular weight is 814 g/mol. The normalized spacial score (nSPS) is 19.9. The second kappa shape index (κ2) is 17.5. The maximum absolute atomic E-state index is 13.9. The SMILES string of the molecule is O=C(NC(C(=O)O[C@H]1CN2CCC1CC2)c1ccc(F)cc1)c1cccc(C(=O)O[C@@H](Cc2c(Cl)c[nH+]cc2Cl)c2ccc(OC(F)F)c(OCC3CC3)c2)c1. The van der Waals surface area contributed by atoms with Gasteiger partial charge in [-0.1, -0.05) is 47.5 Å². The van der Waals surface area contributed by atoms with Crippen molar-refractivity contribution in [3.63, 3.8) is 0 Å². The molecule has 1 unspecified atom stereocenters. The van der Waals surface area contributed by atoms with Gasteiger partial charge in [0.2, 0.25) is 0 Å². The number of rotatable bonds is 15. The number of hydrogen-bond acceptors (Lipinski definition) is 8. The summed E-state index contributed by atoms with van der Waals surface area (Å²) in [6.07, 6.45) is 5.35. The van der Waals surface area contributed by atoms with Crippen LogP contribution >= 0.6 is 23.2 Å². The van der Waals surface area contributed by atoms with Crippen LogP contribution in [0.15, 0.2) is 79.1 Å². The van der Waals surface area contributed by atoms with Crippen LogP contribution in [0.5, 0.6) is 11.5 Å². The molecular formula is C41H39Cl2F3N3O7+. The fourth-order valence-electron chi connectivity index (χ4n) is 7.00. The standard InChI is InChI=1S/C41H38Cl2F3N3O7/c42-31-19-47-20-32(43)30(31)18-34(26-8-11-33(56-41(45)46)35(17-26)53-22-23-4-5-23)54-39(51)28-3-1-2-27(16-28)38(50)48-37(25-6-9-29(44)10-7-25)40(52)55-36-21-49-14-12-24(36)13-15-49/h1-3,6-11,16-17,19-20,23-24,34,36-37,41H,4-5,12-15,18,21-22H2,(H,48,50)/p+1/t34-,36-,37?/m0/s1. The van der Waals surface area contributed by atoms with Gasteiger partial charge in [-0.15, -0.1) is 0 Å². The first kappa shape index (κ1) is 39.4. The smallest absolute Gasteiger partial charge is 0.387 e. The van der Waals surface area contributed by atoms with Crippen LogP contribution in [0.25, 0.3) is 0 Å². The number of carbonyl (C=O) groups is 3. The summed E-state index contributed by atoms with van der Waals surface area (Å²) in [5.74, 6) is -2.31. The molecule has 294 valence electrons. The van der Waals surface area contributed by atoms with Crippen molar-refractivity contribution in [1.29, 1.82) is 0 Å². The molecule has 4 aliphatic rings. The van der Waals surface area contributed by atoms with E-state index in [-0.39, 0.29) is 51.1 Å². The summed E-state index contributed by atoms with van der Waals surface area (Å²) in [7, 11) is 0. The van der Waals surface area contributed by atoms with Crippen molar-refractivity contribution in [2.75, 3.05) is 26.2 Å². The van der Waals surface area contributed by atoms with Gasteiger partial charge in [0.05, 0.1) is 12.2 Å². The van der Waals surface area contributed by atoms with E-state index >= 15 is 0 Å². The van der Waals surface area contributed by atoms with Crippen molar-refractivity contribution in [2.24, 2.45) is 11.8 Å². The highest BCUT2D eigenvalue weighted by Gasteiger charge is 2.38. The number of ether oxygens (including phenoxy) is 4. The van der Waals surface area contributed by atoms with E-state index in [0.717, 1.165) is 38.8 Å².